The average molecular weight is 270 g/mol. The van der Waals surface area contributed by atoms with Gasteiger partial charge in [0.25, 0.3) is 0 Å². The Labute approximate surface area is 115 Å². The van der Waals surface area contributed by atoms with Gasteiger partial charge < -0.3 is 14.9 Å². The molecule has 1 aliphatic carbocycles. The Morgan fingerprint density at radius 2 is 1.79 bits per heavy atom. The molecule has 5 nitrogen and oxygen atoms in total. The number of amides is 1. The lowest BCUT2D eigenvalue weighted by atomic mass is 10.1. The average Bonchev–Trinajstić information content (AvgIpc) is 2.81. The van der Waals surface area contributed by atoms with Gasteiger partial charge in [0.1, 0.15) is 0 Å². The van der Waals surface area contributed by atoms with E-state index in [1.165, 1.54) is 0 Å². The van der Waals surface area contributed by atoms with Crippen LogP contribution < -0.4 is 0 Å². The zero-order chi connectivity index (χ0) is 15.0. The second-order valence-corrected chi connectivity index (χ2v) is 6.35. The van der Waals surface area contributed by atoms with Gasteiger partial charge >= 0.3 is 5.97 Å². The Kier molecular flexibility index (Phi) is 4.61. The zero-order valence-corrected chi connectivity index (χ0v) is 12.8. The molecule has 1 saturated carbocycles. The maximum absolute atomic E-state index is 12.5. The van der Waals surface area contributed by atoms with Gasteiger partial charge in [-0.3, -0.25) is 9.59 Å². The molecule has 19 heavy (non-hydrogen) atoms. The quantitative estimate of drug-likeness (QED) is 0.786. The van der Waals surface area contributed by atoms with Gasteiger partial charge in [-0.2, -0.15) is 0 Å². The fourth-order valence-electron chi connectivity index (χ4n) is 3.05. The molecule has 0 aromatic carbocycles. The van der Waals surface area contributed by atoms with Crippen molar-refractivity contribution < 1.29 is 14.7 Å². The van der Waals surface area contributed by atoms with E-state index in [4.69, 9.17) is 5.11 Å². The minimum Gasteiger partial charge on any atom is -0.481 e. The lowest BCUT2D eigenvalue weighted by Crippen LogP contribution is -2.45. The van der Waals surface area contributed by atoms with Crippen molar-refractivity contribution in [2.75, 3.05) is 27.2 Å². The topological polar surface area (TPSA) is 60.9 Å². The molecular formula is C14H26N2O3. The molecule has 0 aromatic rings. The molecule has 1 rings (SSSR count). The van der Waals surface area contributed by atoms with Crippen LogP contribution in [0.1, 0.15) is 27.7 Å². The molecule has 0 aromatic heterocycles. The number of carbonyl (C=O) groups excluding carboxylic acids is 1. The summed E-state index contributed by atoms with van der Waals surface area (Å²) < 4.78 is 0. The van der Waals surface area contributed by atoms with E-state index in [1.807, 2.05) is 46.7 Å². The van der Waals surface area contributed by atoms with Gasteiger partial charge in [-0.05, 0) is 33.4 Å². The smallest absolute Gasteiger partial charge is 0.307 e. The summed E-state index contributed by atoms with van der Waals surface area (Å²) in [4.78, 5) is 27.5. The number of likely N-dealkylation sites (N-methyl/N-ethyl adjacent to an activating group) is 2. The molecule has 0 saturated heterocycles. The third-order valence-electron chi connectivity index (χ3n) is 4.14. The predicted molar refractivity (Wildman–Crippen MR) is 73.8 cm³/mol. The molecule has 0 aliphatic heterocycles. The highest BCUT2D eigenvalue weighted by atomic mass is 16.4. The van der Waals surface area contributed by atoms with Gasteiger partial charge in [0, 0.05) is 19.1 Å². The Morgan fingerprint density at radius 1 is 1.26 bits per heavy atom. The summed E-state index contributed by atoms with van der Waals surface area (Å²) in [5, 5.41) is 9.17. The summed E-state index contributed by atoms with van der Waals surface area (Å²) in [5.41, 5.74) is -0.422. The van der Waals surface area contributed by atoms with Crippen molar-refractivity contribution in [2.45, 2.75) is 33.7 Å². The van der Waals surface area contributed by atoms with Gasteiger partial charge in [0.15, 0.2) is 0 Å². The van der Waals surface area contributed by atoms with Crippen LogP contribution in [0.5, 0.6) is 0 Å². The lowest BCUT2D eigenvalue weighted by molar-refractivity contribution is -0.142. The zero-order valence-electron chi connectivity index (χ0n) is 12.8. The van der Waals surface area contributed by atoms with Crippen molar-refractivity contribution in [2.24, 2.45) is 17.3 Å². The van der Waals surface area contributed by atoms with Crippen LogP contribution in [0.2, 0.25) is 0 Å². The first-order valence-electron chi connectivity index (χ1n) is 6.82. The first-order valence-corrected chi connectivity index (χ1v) is 6.82. The van der Waals surface area contributed by atoms with E-state index < -0.39 is 17.3 Å². The van der Waals surface area contributed by atoms with Crippen molar-refractivity contribution in [1.29, 1.82) is 0 Å². The number of carboxylic acids is 1. The Balaban J connectivity index is 2.78. The van der Waals surface area contributed by atoms with Crippen molar-refractivity contribution in [3.8, 4) is 0 Å². The van der Waals surface area contributed by atoms with E-state index in [0.717, 1.165) is 6.54 Å². The predicted octanol–water partition coefficient (Wildman–Crippen LogP) is 1.14. The Bertz CT molecular complexity index is 366. The maximum atomic E-state index is 12.5. The third-order valence-corrected chi connectivity index (χ3v) is 4.14. The van der Waals surface area contributed by atoms with Crippen molar-refractivity contribution >= 4 is 11.9 Å². The number of nitrogens with zero attached hydrogens (tertiary/aromatic N) is 2. The van der Waals surface area contributed by atoms with Crippen molar-refractivity contribution in [1.82, 2.24) is 9.80 Å². The molecule has 0 bridgehead atoms. The van der Waals surface area contributed by atoms with Crippen LogP contribution in [0.15, 0.2) is 0 Å². The molecule has 1 aliphatic rings. The van der Waals surface area contributed by atoms with E-state index in [0.29, 0.717) is 6.54 Å². The number of rotatable bonds is 6. The first kappa shape index (κ1) is 16.0. The number of hydrogen-bond donors (Lipinski definition) is 1. The van der Waals surface area contributed by atoms with Crippen LogP contribution in [-0.2, 0) is 9.59 Å². The normalized spacial score (nSPS) is 26.1. The molecule has 1 unspecified atom stereocenters. The van der Waals surface area contributed by atoms with Gasteiger partial charge in [0.2, 0.25) is 5.91 Å². The highest BCUT2D eigenvalue weighted by Gasteiger charge is 2.66. The Morgan fingerprint density at radius 3 is 2.11 bits per heavy atom. The second kappa shape index (κ2) is 5.49. The molecule has 110 valence electrons. The number of hydrogen-bond acceptors (Lipinski definition) is 3. The summed E-state index contributed by atoms with van der Waals surface area (Å²) >= 11 is 0. The molecular weight excluding hydrogens is 244 g/mol. The lowest BCUT2D eigenvalue weighted by Gasteiger charge is -2.30. The second-order valence-electron chi connectivity index (χ2n) is 6.35. The summed E-state index contributed by atoms with van der Waals surface area (Å²) in [7, 11) is 3.94. The molecule has 5 heteroatoms. The molecule has 0 radical (unpaired) electrons. The number of carbonyl (C=O) groups is 2. The fraction of sp³-hybridized carbons (Fsp3) is 0.857. The SMILES string of the molecule is CCN(C(=O)[C@H]1[C@@H](C(=O)O)C1(C)C)C(C)CN(C)C. The summed E-state index contributed by atoms with van der Waals surface area (Å²) in [6, 6.07) is 0.0957. The molecule has 0 spiro atoms. The number of aliphatic carboxylic acids is 1. The molecule has 3 atom stereocenters. The van der Waals surface area contributed by atoms with Crippen LogP contribution in [0.25, 0.3) is 0 Å². The van der Waals surface area contributed by atoms with E-state index >= 15 is 0 Å². The van der Waals surface area contributed by atoms with Crippen LogP contribution in [0.3, 0.4) is 0 Å². The van der Waals surface area contributed by atoms with Gasteiger partial charge in [-0.15, -0.1) is 0 Å². The van der Waals surface area contributed by atoms with E-state index in [-0.39, 0.29) is 17.9 Å². The van der Waals surface area contributed by atoms with Gasteiger partial charge in [-0.1, -0.05) is 13.8 Å². The van der Waals surface area contributed by atoms with E-state index in [9.17, 15) is 9.59 Å². The van der Waals surface area contributed by atoms with Crippen molar-refractivity contribution in [3.05, 3.63) is 0 Å². The van der Waals surface area contributed by atoms with Crippen LogP contribution >= 0.6 is 0 Å². The standard InChI is InChI=1S/C14H26N2O3/c1-7-16(9(2)8-15(5)6)12(17)10-11(13(18)19)14(10,3)4/h9-11H,7-8H2,1-6H3,(H,18,19)/t9?,10-,11+/m1/s1. The largest absolute Gasteiger partial charge is 0.481 e. The van der Waals surface area contributed by atoms with E-state index in [2.05, 4.69) is 0 Å². The minimum atomic E-state index is -0.861. The van der Waals surface area contributed by atoms with Gasteiger partial charge in [0.05, 0.1) is 11.8 Å². The van der Waals surface area contributed by atoms with Gasteiger partial charge in [-0.25, -0.2) is 0 Å². The molecule has 1 amide bonds. The Hall–Kier alpha value is -1.10. The summed E-state index contributed by atoms with van der Waals surface area (Å²) in [6.07, 6.45) is 0. The number of carboxylic acid groups (broad SMARTS) is 1. The van der Waals surface area contributed by atoms with Crippen LogP contribution in [0.4, 0.5) is 0 Å². The third kappa shape index (κ3) is 3.08. The maximum Gasteiger partial charge on any atom is 0.307 e. The highest BCUT2D eigenvalue weighted by Crippen LogP contribution is 2.59. The monoisotopic (exact) mass is 270 g/mol. The first-order chi connectivity index (χ1) is 8.64. The summed E-state index contributed by atoms with van der Waals surface area (Å²) in [6.45, 7) is 9.07. The minimum absolute atomic E-state index is 0.0192. The highest BCUT2D eigenvalue weighted by molar-refractivity contribution is 5.91. The van der Waals surface area contributed by atoms with E-state index in [1.54, 1.807) is 4.90 Å². The molecule has 1 N–H and O–H groups in total. The molecule has 0 heterocycles. The summed E-state index contributed by atoms with van der Waals surface area (Å²) in [5.74, 6) is -1.80. The van der Waals surface area contributed by atoms with Crippen LogP contribution in [0, 0.1) is 17.3 Å². The molecule has 1 fully saturated rings. The van der Waals surface area contributed by atoms with Crippen LogP contribution in [-0.4, -0.2) is 60.0 Å². The fourth-order valence-corrected chi connectivity index (χ4v) is 3.05. The van der Waals surface area contributed by atoms with Crippen molar-refractivity contribution in [3.63, 3.8) is 0 Å².